The third-order valence-electron chi connectivity index (χ3n) is 12.1. The molecule has 328 valence electrons. The predicted octanol–water partition coefficient (Wildman–Crippen LogP) is 5.88. The molecule has 0 spiro atoms. The molecule has 4 aliphatic heterocycles. The number of para-hydroxylation sites is 1. The zero-order valence-electron chi connectivity index (χ0n) is 35.0. The summed E-state index contributed by atoms with van der Waals surface area (Å²) in [6.45, 7) is 7.36. The van der Waals surface area contributed by atoms with Crippen LogP contribution in [0, 0.1) is 0 Å². The van der Waals surface area contributed by atoms with E-state index in [-0.39, 0.29) is 29.2 Å². The topological polar surface area (TPSA) is 171 Å². The molecule has 1 unspecified atom stereocenters. The number of halogens is 1. The summed E-state index contributed by atoms with van der Waals surface area (Å²) in [5.41, 5.74) is 3.89. The Labute approximate surface area is 370 Å². The Kier molecular flexibility index (Phi) is 13.7. The molecule has 19 heteroatoms. The second kappa shape index (κ2) is 19.3. The van der Waals surface area contributed by atoms with Crippen LogP contribution < -0.4 is 30.9 Å². The van der Waals surface area contributed by atoms with Crippen LogP contribution >= 0.6 is 31.0 Å². The van der Waals surface area contributed by atoms with Gasteiger partial charge in [-0.2, -0.15) is 4.98 Å². The van der Waals surface area contributed by atoms with E-state index in [9.17, 15) is 18.9 Å². The maximum absolute atomic E-state index is 13.2. The molecule has 4 aliphatic rings. The van der Waals surface area contributed by atoms with Gasteiger partial charge in [-0.05, 0) is 61.2 Å². The molecule has 1 aromatic heterocycles. The van der Waals surface area contributed by atoms with Gasteiger partial charge in [0.2, 0.25) is 17.8 Å². The van der Waals surface area contributed by atoms with Gasteiger partial charge in [-0.1, -0.05) is 29.8 Å². The monoisotopic (exact) mass is 903 g/mol. The third-order valence-corrected chi connectivity index (χ3v) is 15.4. The Morgan fingerprint density at radius 3 is 2.42 bits per heavy atom. The highest BCUT2D eigenvalue weighted by Gasteiger charge is 2.40. The standard InChI is InChI=1S/C43H51ClN9O7PS/c1-58-36-25-29(11-12-33(36)47-43-45-26-32(44)40(49-43)46-34-8-4-5-9-37(34)61(57,59-2)60-3)51-17-15-28(16-18-51)52-21-19-50(20-22-52)23-24-62-38-10-6-7-30-31(38)27-53(42(30)56)35-13-14-39(54)48-41(35)55/h4-12,25-26,28,35H,13-24,27H2,1-3H3,(H,48,54,55)(H2,45,46,47,49). The smallest absolute Gasteiger partial charge is 0.362 e. The average molecular weight is 904 g/mol. The number of hydrogen-bond donors (Lipinski definition) is 3. The van der Waals surface area contributed by atoms with Gasteiger partial charge in [-0.3, -0.25) is 34.1 Å². The molecular formula is C43H51ClN9O7PS. The van der Waals surface area contributed by atoms with E-state index in [1.165, 1.54) is 20.4 Å². The quantitative estimate of drug-likeness (QED) is 0.0734. The molecule has 3 aromatic carbocycles. The fourth-order valence-corrected chi connectivity index (χ4v) is 11.1. The second-order valence-corrected chi connectivity index (χ2v) is 19.3. The van der Waals surface area contributed by atoms with Crippen molar-refractivity contribution in [3.8, 4) is 5.75 Å². The number of ether oxygens (including phenoxy) is 1. The highest BCUT2D eigenvalue weighted by Crippen LogP contribution is 2.47. The number of hydrogen-bond acceptors (Lipinski definition) is 15. The van der Waals surface area contributed by atoms with Gasteiger partial charge in [0.1, 0.15) is 16.8 Å². The summed E-state index contributed by atoms with van der Waals surface area (Å²) in [6, 6.07) is 18.8. The molecule has 1 atom stereocenters. The van der Waals surface area contributed by atoms with Crippen molar-refractivity contribution in [3.63, 3.8) is 0 Å². The largest absolute Gasteiger partial charge is 0.494 e. The summed E-state index contributed by atoms with van der Waals surface area (Å²) in [5, 5.41) is 9.42. The Morgan fingerprint density at radius 2 is 1.68 bits per heavy atom. The van der Waals surface area contributed by atoms with Crippen LogP contribution in [0.5, 0.6) is 5.75 Å². The van der Waals surface area contributed by atoms with Crippen LogP contribution in [0.4, 0.5) is 28.8 Å². The van der Waals surface area contributed by atoms with Crippen molar-refractivity contribution in [2.24, 2.45) is 0 Å². The number of carbonyl (C=O) groups is 3. The molecule has 0 radical (unpaired) electrons. The van der Waals surface area contributed by atoms with E-state index in [1.807, 2.05) is 24.3 Å². The van der Waals surface area contributed by atoms with E-state index >= 15 is 0 Å². The van der Waals surface area contributed by atoms with Crippen molar-refractivity contribution in [1.29, 1.82) is 0 Å². The van der Waals surface area contributed by atoms with Gasteiger partial charge < -0.3 is 34.2 Å². The van der Waals surface area contributed by atoms with Crippen molar-refractivity contribution >= 4 is 82.8 Å². The van der Waals surface area contributed by atoms with E-state index in [4.69, 9.17) is 25.4 Å². The van der Waals surface area contributed by atoms with Crippen LogP contribution in [0.3, 0.4) is 0 Å². The van der Waals surface area contributed by atoms with Gasteiger partial charge >= 0.3 is 7.60 Å². The summed E-state index contributed by atoms with van der Waals surface area (Å²) in [4.78, 5) is 56.7. The molecule has 3 fully saturated rings. The number of benzene rings is 3. The van der Waals surface area contributed by atoms with E-state index in [2.05, 4.69) is 52.8 Å². The molecule has 0 saturated carbocycles. The van der Waals surface area contributed by atoms with Crippen molar-refractivity contribution in [2.45, 2.75) is 49.2 Å². The first-order chi connectivity index (χ1) is 30.1. The number of amides is 3. The molecule has 3 amide bonds. The van der Waals surface area contributed by atoms with Gasteiger partial charge in [0, 0.05) is 107 Å². The van der Waals surface area contributed by atoms with E-state index in [1.54, 1.807) is 48.0 Å². The maximum Gasteiger partial charge on any atom is 0.362 e. The zero-order chi connectivity index (χ0) is 43.4. The number of rotatable bonds is 15. The highest BCUT2D eigenvalue weighted by atomic mass is 35.5. The Hall–Kier alpha value is -4.74. The summed E-state index contributed by atoms with van der Waals surface area (Å²) in [6.07, 6.45) is 4.25. The van der Waals surface area contributed by atoms with Crippen LogP contribution in [-0.4, -0.2) is 127 Å². The van der Waals surface area contributed by atoms with Crippen LogP contribution in [-0.2, 0) is 29.7 Å². The Bertz CT molecular complexity index is 2350. The number of carbonyl (C=O) groups excluding carboxylic acids is 3. The lowest BCUT2D eigenvalue weighted by atomic mass is 10.0. The fourth-order valence-electron chi connectivity index (χ4n) is 8.65. The van der Waals surface area contributed by atoms with E-state index in [0.29, 0.717) is 58.8 Å². The summed E-state index contributed by atoms with van der Waals surface area (Å²) in [7, 11) is 0.747. The second-order valence-electron chi connectivity index (χ2n) is 15.5. The van der Waals surface area contributed by atoms with Gasteiger partial charge in [0.25, 0.3) is 5.91 Å². The van der Waals surface area contributed by atoms with E-state index < -0.39 is 13.6 Å². The number of nitrogens with one attached hydrogen (secondary N) is 3. The van der Waals surface area contributed by atoms with Crippen molar-refractivity contribution in [1.82, 2.24) is 30.0 Å². The van der Waals surface area contributed by atoms with E-state index in [0.717, 1.165) is 80.6 Å². The molecule has 5 heterocycles. The first-order valence-electron chi connectivity index (χ1n) is 20.7. The average Bonchev–Trinajstić information content (AvgIpc) is 3.63. The Morgan fingerprint density at radius 1 is 0.903 bits per heavy atom. The molecule has 8 rings (SSSR count). The third kappa shape index (κ3) is 9.44. The normalized spacial score (nSPS) is 19.1. The molecule has 16 nitrogen and oxygen atoms in total. The molecule has 0 aliphatic carbocycles. The predicted molar refractivity (Wildman–Crippen MR) is 241 cm³/mol. The number of methoxy groups -OCH3 is 1. The molecule has 62 heavy (non-hydrogen) atoms. The lowest BCUT2D eigenvalue weighted by molar-refractivity contribution is -0.136. The molecule has 3 N–H and O–H groups in total. The summed E-state index contributed by atoms with van der Waals surface area (Å²) in [5.74, 6) is 1.36. The summed E-state index contributed by atoms with van der Waals surface area (Å²) < 4.78 is 29.5. The molecular weight excluding hydrogens is 853 g/mol. The first-order valence-corrected chi connectivity index (χ1v) is 23.6. The number of nitrogens with zero attached hydrogens (tertiary/aromatic N) is 6. The number of thioether (sulfide) groups is 1. The number of fused-ring (bicyclic) bond motifs is 1. The van der Waals surface area contributed by atoms with Crippen LogP contribution in [0.2, 0.25) is 5.02 Å². The Balaban J connectivity index is 0.804. The van der Waals surface area contributed by atoms with Crippen molar-refractivity contribution < 1.29 is 32.7 Å². The SMILES string of the molecule is COc1cc(N2CCC(N3CCN(CCSc4cccc5c4CN(C4CCC(=O)NC4=O)C5=O)CC3)CC2)ccc1Nc1ncc(Cl)c(Nc2ccccc2P(=O)(OC)OC)n1. The zero-order valence-corrected chi connectivity index (χ0v) is 37.4. The van der Waals surface area contributed by atoms with Crippen molar-refractivity contribution in [3.05, 3.63) is 83.0 Å². The lowest BCUT2D eigenvalue weighted by Crippen LogP contribution is -2.53. The number of piperidine rings is 2. The molecule has 3 saturated heterocycles. The lowest BCUT2D eigenvalue weighted by Gasteiger charge is -2.43. The van der Waals surface area contributed by atoms with Crippen LogP contribution in [0.15, 0.2) is 71.8 Å². The molecule has 4 aromatic rings. The van der Waals surface area contributed by atoms with Crippen LogP contribution in [0.1, 0.15) is 41.6 Å². The van der Waals surface area contributed by atoms with Gasteiger partial charge in [0.15, 0.2) is 5.82 Å². The fraction of sp³-hybridized carbons (Fsp3) is 0.419. The van der Waals surface area contributed by atoms with Gasteiger partial charge in [-0.15, -0.1) is 11.8 Å². The van der Waals surface area contributed by atoms with Crippen molar-refractivity contribution in [2.75, 3.05) is 88.4 Å². The minimum Gasteiger partial charge on any atom is -0.494 e. The van der Waals surface area contributed by atoms with Crippen LogP contribution in [0.25, 0.3) is 0 Å². The van der Waals surface area contributed by atoms with Gasteiger partial charge in [-0.25, -0.2) is 4.98 Å². The minimum atomic E-state index is -3.56. The minimum absolute atomic E-state index is 0.134. The first kappa shape index (κ1) is 43.9. The number of imide groups is 1. The number of piperazine rings is 1. The van der Waals surface area contributed by atoms with Gasteiger partial charge in [0.05, 0.1) is 30.0 Å². The molecule has 0 bridgehead atoms. The number of anilines is 5. The highest BCUT2D eigenvalue weighted by molar-refractivity contribution is 7.99. The summed E-state index contributed by atoms with van der Waals surface area (Å²) >= 11 is 8.26. The number of aromatic nitrogens is 2. The maximum atomic E-state index is 13.2.